The van der Waals surface area contributed by atoms with E-state index in [9.17, 15) is 0 Å². The van der Waals surface area contributed by atoms with E-state index in [-0.39, 0.29) is 0 Å². The largest absolute Gasteiger partial charge is 0.312 e. The Morgan fingerprint density at radius 2 is 1.86 bits per heavy atom. The molecule has 0 spiro atoms. The summed E-state index contributed by atoms with van der Waals surface area (Å²) in [7, 11) is 2.09. The van der Waals surface area contributed by atoms with Gasteiger partial charge in [-0.3, -0.25) is 4.90 Å². The fourth-order valence-electron chi connectivity index (χ4n) is 3.45. The molecule has 2 unspecified atom stereocenters. The number of likely N-dealkylation sites (N-methyl/N-ethyl adjacent to an activating group) is 2. The Balaban J connectivity index is 2.05. The van der Waals surface area contributed by atoms with Crippen molar-refractivity contribution in [2.75, 3.05) is 20.1 Å². The zero-order valence-corrected chi connectivity index (χ0v) is 14.2. The highest BCUT2D eigenvalue weighted by atomic mass is 15.2. The van der Waals surface area contributed by atoms with Gasteiger partial charge in [0, 0.05) is 18.6 Å². The normalized spacial score (nSPS) is 18.5. The minimum atomic E-state index is 0.413. The van der Waals surface area contributed by atoms with Crippen molar-refractivity contribution in [3.8, 4) is 0 Å². The van der Waals surface area contributed by atoms with E-state index in [1.54, 1.807) is 0 Å². The van der Waals surface area contributed by atoms with Crippen LogP contribution in [0.25, 0.3) is 0 Å². The summed E-state index contributed by atoms with van der Waals surface area (Å²) in [5.41, 5.74) is 2.83. The summed E-state index contributed by atoms with van der Waals surface area (Å²) in [5.74, 6) is 0.937. The average Bonchev–Trinajstić information content (AvgIpc) is 2.47. The molecule has 2 heteroatoms. The van der Waals surface area contributed by atoms with Crippen LogP contribution in [0.15, 0.2) is 24.3 Å². The van der Waals surface area contributed by atoms with Crippen LogP contribution in [-0.4, -0.2) is 31.1 Å². The van der Waals surface area contributed by atoms with Gasteiger partial charge in [-0.05, 0) is 56.8 Å². The van der Waals surface area contributed by atoms with Crippen molar-refractivity contribution in [2.45, 2.75) is 58.5 Å². The minimum absolute atomic E-state index is 0.413. The molecule has 1 aliphatic rings. The average molecular weight is 288 g/mol. The van der Waals surface area contributed by atoms with Crippen LogP contribution in [0.2, 0.25) is 0 Å². The summed E-state index contributed by atoms with van der Waals surface area (Å²) in [6.45, 7) is 9.29. The molecular formula is C19H32N2. The van der Waals surface area contributed by atoms with E-state index in [1.807, 2.05) is 0 Å². The maximum atomic E-state index is 3.54. The maximum absolute atomic E-state index is 3.54. The highest BCUT2D eigenvalue weighted by Crippen LogP contribution is 2.29. The molecule has 2 rings (SSSR count). The Morgan fingerprint density at radius 1 is 1.19 bits per heavy atom. The van der Waals surface area contributed by atoms with Gasteiger partial charge < -0.3 is 5.32 Å². The van der Waals surface area contributed by atoms with Crippen LogP contribution < -0.4 is 5.32 Å². The van der Waals surface area contributed by atoms with E-state index in [1.165, 1.54) is 36.9 Å². The van der Waals surface area contributed by atoms with E-state index < -0.39 is 0 Å². The molecule has 0 aliphatic heterocycles. The van der Waals surface area contributed by atoms with Crippen LogP contribution in [0.5, 0.6) is 0 Å². The van der Waals surface area contributed by atoms with Gasteiger partial charge in [0.15, 0.2) is 0 Å². The van der Waals surface area contributed by atoms with Crippen LogP contribution >= 0.6 is 0 Å². The summed E-state index contributed by atoms with van der Waals surface area (Å²) in [6.07, 6.45) is 5.41. The molecule has 0 radical (unpaired) electrons. The SMILES string of the molecule is CCc1ccc(C(NC)C(C)N(CC)CC2CCC2)cc1. The lowest BCUT2D eigenvalue weighted by Gasteiger charge is -2.38. The Kier molecular flexibility index (Phi) is 6.25. The Hall–Kier alpha value is -0.860. The zero-order valence-electron chi connectivity index (χ0n) is 14.2. The fraction of sp³-hybridized carbons (Fsp3) is 0.684. The van der Waals surface area contributed by atoms with Crippen molar-refractivity contribution in [3.05, 3.63) is 35.4 Å². The molecule has 0 amide bonds. The van der Waals surface area contributed by atoms with Gasteiger partial charge in [-0.1, -0.05) is 44.5 Å². The van der Waals surface area contributed by atoms with Crippen LogP contribution in [0.1, 0.15) is 57.2 Å². The maximum Gasteiger partial charge on any atom is 0.0473 e. The predicted molar refractivity (Wildman–Crippen MR) is 91.7 cm³/mol. The van der Waals surface area contributed by atoms with Crippen LogP contribution in [0.4, 0.5) is 0 Å². The van der Waals surface area contributed by atoms with Crippen LogP contribution in [0, 0.1) is 5.92 Å². The molecule has 21 heavy (non-hydrogen) atoms. The Labute approximate surface area is 130 Å². The molecule has 1 aromatic carbocycles. The molecule has 0 saturated heterocycles. The number of rotatable bonds is 8. The zero-order chi connectivity index (χ0) is 15.2. The lowest BCUT2D eigenvalue weighted by atomic mass is 9.84. The van der Waals surface area contributed by atoms with Crippen molar-refractivity contribution < 1.29 is 0 Å². The van der Waals surface area contributed by atoms with Crippen LogP contribution in [-0.2, 0) is 6.42 Å². The van der Waals surface area contributed by atoms with Gasteiger partial charge in [-0.2, -0.15) is 0 Å². The predicted octanol–water partition coefficient (Wildman–Crippen LogP) is 4.02. The molecule has 1 N–H and O–H groups in total. The van der Waals surface area contributed by atoms with E-state index in [2.05, 4.69) is 62.3 Å². The quantitative estimate of drug-likeness (QED) is 0.777. The first kappa shape index (κ1) is 16.5. The van der Waals surface area contributed by atoms with E-state index >= 15 is 0 Å². The summed E-state index contributed by atoms with van der Waals surface area (Å²) in [6, 6.07) is 10.1. The molecule has 2 nitrogen and oxygen atoms in total. The number of nitrogens with zero attached hydrogens (tertiary/aromatic N) is 1. The van der Waals surface area contributed by atoms with Gasteiger partial charge in [0.1, 0.15) is 0 Å². The second-order valence-corrected chi connectivity index (χ2v) is 6.49. The van der Waals surface area contributed by atoms with Gasteiger partial charge >= 0.3 is 0 Å². The summed E-state index contributed by atoms with van der Waals surface area (Å²) < 4.78 is 0. The molecule has 0 aromatic heterocycles. The van der Waals surface area contributed by atoms with Crippen LogP contribution in [0.3, 0.4) is 0 Å². The second-order valence-electron chi connectivity index (χ2n) is 6.49. The third-order valence-corrected chi connectivity index (χ3v) is 5.24. The lowest BCUT2D eigenvalue weighted by Crippen LogP contribution is -2.45. The van der Waals surface area contributed by atoms with Crippen molar-refractivity contribution in [2.24, 2.45) is 5.92 Å². The standard InChI is InChI=1S/C19H32N2/c1-5-16-10-12-18(13-11-16)19(20-4)15(3)21(6-2)14-17-8-7-9-17/h10-13,15,17,19-20H,5-9,14H2,1-4H3. The summed E-state index contributed by atoms with van der Waals surface area (Å²) in [4.78, 5) is 2.65. The van der Waals surface area contributed by atoms with Crippen molar-refractivity contribution >= 4 is 0 Å². The van der Waals surface area contributed by atoms with Gasteiger partial charge in [-0.25, -0.2) is 0 Å². The highest BCUT2D eigenvalue weighted by molar-refractivity contribution is 5.26. The highest BCUT2D eigenvalue weighted by Gasteiger charge is 2.27. The molecule has 0 heterocycles. The molecule has 1 aromatic rings. The molecule has 1 aliphatic carbocycles. The van der Waals surface area contributed by atoms with Gasteiger partial charge in [0.25, 0.3) is 0 Å². The summed E-state index contributed by atoms with van der Waals surface area (Å²) in [5, 5.41) is 3.54. The van der Waals surface area contributed by atoms with Gasteiger partial charge in [0.05, 0.1) is 0 Å². The number of hydrogen-bond donors (Lipinski definition) is 1. The first-order valence-electron chi connectivity index (χ1n) is 8.69. The Bertz CT molecular complexity index is 408. The molecule has 2 atom stereocenters. The van der Waals surface area contributed by atoms with E-state index in [4.69, 9.17) is 0 Å². The van der Waals surface area contributed by atoms with Gasteiger partial charge in [-0.15, -0.1) is 0 Å². The number of benzene rings is 1. The molecule has 1 fully saturated rings. The van der Waals surface area contributed by atoms with Gasteiger partial charge in [0.2, 0.25) is 0 Å². The fourth-order valence-corrected chi connectivity index (χ4v) is 3.45. The van der Waals surface area contributed by atoms with Crippen molar-refractivity contribution in [1.29, 1.82) is 0 Å². The molecular weight excluding hydrogens is 256 g/mol. The number of nitrogens with one attached hydrogen (secondary N) is 1. The molecule has 0 bridgehead atoms. The number of hydrogen-bond acceptors (Lipinski definition) is 2. The van der Waals surface area contributed by atoms with Crippen molar-refractivity contribution in [3.63, 3.8) is 0 Å². The first-order valence-corrected chi connectivity index (χ1v) is 8.69. The molecule has 1 saturated carbocycles. The Morgan fingerprint density at radius 3 is 2.29 bits per heavy atom. The first-order chi connectivity index (χ1) is 10.2. The van der Waals surface area contributed by atoms with E-state index in [0.717, 1.165) is 18.9 Å². The number of aryl methyl sites for hydroxylation is 1. The molecule has 118 valence electrons. The summed E-state index contributed by atoms with van der Waals surface area (Å²) >= 11 is 0. The van der Waals surface area contributed by atoms with E-state index in [0.29, 0.717) is 12.1 Å². The second kappa shape index (κ2) is 7.95. The third kappa shape index (κ3) is 4.08. The lowest BCUT2D eigenvalue weighted by molar-refractivity contribution is 0.124. The monoisotopic (exact) mass is 288 g/mol. The third-order valence-electron chi connectivity index (χ3n) is 5.24. The topological polar surface area (TPSA) is 15.3 Å². The smallest absolute Gasteiger partial charge is 0.0473 e. The minimum Gasteiger partial charge on any atom is -0.312 e. The van der Waals surface area contributed by atoms with Crippen molar-refractivity contribution in [1.82, 2.24) is 10.2 Å².